The van der Waals surface area contributed by atoms with Crippen LogP contribution in [0.25, 0.3) is 0 Å². The van der Waals surface area contributed by atoms with Gasteiger partial charge in [-0.3, -0.25) is 67.3 Å². The van der Waals surface area contributed by atoms with Gasteiger partial charge in [-0.2, -0.15) is 11.8 Å². The van der Waals surface area contributed by atoms with Gasteiger partial charge in [0, 0.05) is 45.3 Å². The standard InChI is InChI=1S/C63H98N18O13S/c1-37(2)33-45(57(89)74-41(53(68)85)27-32-95-3)73-52(84)36-72-54(86)46(34-38-15-6-4-7-16-38)78-58(90)47(35-39-17-8-5-9-18-39)79-56(88)42(23-25-50(66)82)75-55(87)43(24-26-51(67)83)76-59(91)49-22-14-31-81(49)62(94)44(20-10-11-28-64)77-60(92)48-21-13-30-80(48)61(93)40(65)19-12-29-71-63(69)70/h4-9,15-18,37,40-49H,10-14,19-36,64-65H2,1-3H3,(H2,66,82)(H2,67,83)(H2,68,85)(H,72,86)(H,73,84)(H,74,89)(H,75,87)(H,76,91)(H,77,92)(H,78,90)(H,79,88)(H4,69,70,71)/t40-,41+,42-,43-,44+,45-,46+,47+,48+,49-/m1/s1. The number of unbranched alkanes of at least 4 members (excludes halogenated alkanes) is 1. The van der Waals surface area contributed by atoms with Crippen LogP contribution >= 0.6 is 11.8 Å². The van der Waals surface area contributed by atoms with Crippen molar-refractivity contribution in [2.45, 2.75) is 183 Å². The highest BCUT2D eigenvalue weighted by atomic mass is 32.2. The maximum atomic E-state index is 14.7. The minimum absolute atomic E-state index is 0.0736. The number of hydrogen-bond acceptors (Lipinski definition) is 17. The minimum Gasteiger partial charge on any atom is -0.370 e. The first-order chi connectivity index (χ1) is 45.2. The third-order valence-electron chi connectivity index (χ3n) is 16.0. The van der Waals surface area contributed by atoms with E-state index in [2.05, 4.69) is 47.5 Å². The molecule has 0 radical (unpaired) electrons. The van der Waals surface area contributed by atoms with Gasteiger partial charge in [-0.1, -0.05) is 74.5 Å². The summed E-state index contributed by atoms with van der Waals surface area (Å²) in [6, 6.07) is 4.51. The fraction of sp³-hybridized carbons (Fsp3) is 0.587. The molecule has 2 aliphatic rings. The van der Waals surface area contributed by atoms with Crippen LogP contribution in [-0.4, -0.2) is 198 Å². The lowest BCUT2D eigenvalue weighted by atomic mass is 10.0. The molecule has 10 atom stereocenters. The normalized spacial score (nSPS) is 16.8. The van der Waals surface area contributed by atoms with E-state index in [1.807, 2.05) is 20.1 Å². The second kappa shape index (κ2) is 41.0. The van der Waals surface area contributed by atoms with Crippen LogP contribution in [0.5, 0.6) is 0 Å². The van der Waals surface area contributed by atoms with Crippen LogP contribution in [0.4, 0.5) is 0 Å². The van der Waals surface area contributed by atoms with Crippen molar-refractivity contribution in [1.82, 2.24) is 52.3 Å². The van der Waals surface area contributed by atoms with Crippen molar-refractivity contribution in [3.05, 3.63) is 71.8 Å². The molecule has 0 spiro atoms. The fourth-order valence-electron chi connectivity index (χ4n) is 11.0. The molecule has 0 aromatic heterocycles. The summed E-state index contributed by atoms with van der Waals surface area (Å²) >= 11 is 1.45. The van der Waals surface area contributed by atoms with Gasteiger partial charge >= 0.3 is 0 Å². The number of nitrogens with zero attached hydrogens (tertiary/aromatic N) is 3. The molecule has 2 fully saturated rings. The minimum atomic E-state index is -1.64. The molecule has 2 aliphatic heterocycles. The van der Waals surface area contributed by atoms with E-state index in [0.717, 1.165) is 0 Å². The van der Waals surface area contributed by atoms with Crippen molar-refractivity contribution in [1.29, 1.82) is 0 Å². The van der Waals surface area contributed by atoms with Crippen LogP contribution in [0, 0.1) is 5.92 Å². The first-order valence-electron chi connectivity index (χ1n) is 32.2. The van der Waals surface area contributed by atoms with Crippen LogP contribution in [-0.2, 0) is 75.2 Å². The van der Waals surface area contributed by atoms with Crippen molar-refractivity contribution >= 4 is 94.5 Å². The predicted octanol–water partition coefficient (Wildman–Crippen LogP) is -3.71. The average Bonchev–Trinajstić information content (AvgIpc) is 1.74. The highest BCUT2D eigenvalue weighted by Gasteiger charge is 2.42. The highest BCUT2D eigenvalue weighted by molar-refractivity contribution is 7.98. The molecule has 0 unspecified atom stereocenters. The number of rotatable bonds is 42. The highest BCUT2D eigenvalue weighted by Crippen LogP contribution is 2.24. The molecule has 2 aromatic rings. The van der Waals surface area contributed by atoms with Crippen molar-refractivity contribution in [2.75, 3.05) is 44.7 Å². The van der Waals surface area contributed by atoms with E-state index in [-0.39, 0.29) is 83.0 Å². The molecule has 524 valence electrons. The fourth-order valence-corrected chi connectivity index (χ4v) is 11.5. The van der Waals surface area contributed by atoms with E-state index in [4.69, 9.17) is 40.1 Å². The van der Waals surface area contributed by atoms with Gasteiger partial charge in [-0.25, -0.2) is 0 Å². The summed E-state index contributed by atoms with van der Waals surface area (Å²) < 4.78 is 0. The number of carbonyl (C=O) groups excluding carboxylic acids is 13. The number of amides is 13. The molecule has 22 N–H and O–H groups in total. The van der Waals surface area contributed by atoms with E-state index in [9.17, 15) is 62.3 Å². The molecule has 2 aromatic carbocycles. The quantitative estimate of drug-likeness (QED) is 0.0173. The van der Waals surface area contributed by atoms with Crippen molar-refractivity contribution in [3.8, 4) is 0 Å². The Morgan fingerprint density at radius 2 is 1.01 bits per heavy atom. The zero-order chi connectivity index (χ0) is 70.1. The first kappa shape index (κ1) is 78.5. The Kier molecular flexibility index (Phi) is 33.9. The Balaban J connectivity index is 1.56. The van der Waals surface area contributed by atoms with Crippen LogP contribution in [0.3, 0.4) is 0 Å². The van der Waals surface area contributed by atoms with Crippen LogP contribution in [0.15, 0.2) is 65.7 Å². The number of guanidine groups is 1. The smallest absolute Gasteiger partial charge is 0.245 e. The number of primary amides is 3. The largest absolute Gasteiger partial charge is 0.370 e. The number of aliphatic imine (C=N–C) groups is 1. The molecule has 2 heterocycles. The molecule has 95 heavy (non-hydrogen) atoms. The van der Waals surface area contributed by atoms with Crippen LogP contribution in [0.1, 0.15) is 121 Å². The zero-order valence-corrected chi connectivity index (χ0v) is 55.3. The number of nitrogens with one attached hydrogen (secondary N) is 8. The number of thioether (sulfide) groups is 1. The van der Waals surface area contributed by atoms with E-state index in [1.165, 1.54) is 21.6 Å². The number of benzene rings is 2. The van der Waals surface area contributed by atoms with Gasteiger partial charge in [0.2, 0.25) is 76.8 Å². The van der Waals surface area contributed by atoms with E-state index < -0.39 is 169 Å². The predicted molar refractivity (Wildman–Crippen MR) is 356 cm³/mol. The van der Waals surface area contributed by atoms with Gasteiger partial charge in [0.25, 0.3) is 0 Å². The number of nitrogens with two attached hydrogens (primary N) is 7. The molecule has 32 heteroatoms. The van der Waals surface area contributed by atoms with Gasteiger partial charge in [-0.15, -0.1) is 0 Å². The van der Waals surface area contributed by atoms with Gasteiger partial charge < -0.3 is 92.5 Å². The molecule has 31 nitrogen and oxygen atoms in total. The van der Waals surface area contributed by atoms with E-state index >= 15 is 0 Å². The summed E-state index contributed by atoms with van der Waals surface area (Å²) in [5.41, 5.74) is 40.6. The molecular formula is C63H98N18O13S. The Hall–Kier alpha value is -8.91. The lowest BCUT2D eigenvalue weighted by Crippen LogP contribution is -2.60. The van der Waals surface area contributed by atoms with Gasteiger partial charge in [-0.05, 0) is 119 Å². The molecule has 0 aliphatic carbocycles. The molecule has 0 saturated carbocycles. The number of likely N-dealkylation sites (tertiary alicyclic amines) is 2. The van der Waals surface area contributed by atoms with Gasteiger partial charge in [0.1, 0.15) is 54.4 Å². The van der Waals surface area contributed by atoms with E-state index in [0.29, 0.717) is 55.4 Å². The Morgan fingerprint density at radius 3 is 1.51 bits per heavy atom. The molecule has 2 saturated heterocycles. The van der Waals surface area contributed by atoms with Crippen LogP contribution in [0.2, 0.25) is 0 Å². The maximum Gasteiger partial charge on any atom is 0.245 e. The third kappa shape index (κ3) is 27.5. The second-order valence-electron chi connectivity index (χ2n) is 24.1. The number of carbonyl (C=O) groups is 13. The first-order valence-corrected chi connectivity index (χ1v) is 33.6. The molecule has 4 rings (SSSR count). The lowest BCUT2D eigenvalue weighted by molar-refractivity contribution is -0.144. The summed E-state index contributed by atoms with van der Waals surface area (Å²) in [5, 5.41) is 21.1. The zero-order valence-electron chi connectivity index (χ0n) is 54.5. The molecular weight excluding hydrogens is 1250 g/mol. The summed E-state index contributed by atoms with van der Waals surface area (Å²) in [6.07, 6.45) is 3.12. The van der Waals surface area contributed by atoms with Crippen molar-refractivity contribution in [2.24, 2.45) is 51.0 Å². The topological polar surface area (TPSA) is 519 Å². The summed E-state index contributed by atoms with van der Waals surface area (Å²) in [6.45, 7) is 3.86. The lowest BCUT2D eigenvalue weighted by Gasteiger charge is -2.32. The summed E-state index contributed by atoms with van der Waals surface area (Å²) in [4.78, 5) is 185. The SMILES string of the molecule is CSCC[C@H](NC(=O)[C@@H](CC(C)C)NC(=O)CNC(=O)[C@H](Cc1ccccc1)NC(=O)[C@H](Cc1ccccc1)NC(=O)[C@@H](CCC(N)=O)NC(=O)[C@@H](CCC(N)=O)NC(=O)[C@H]1CCCN1C(=O)[C@H](CCCCN)NC(=O)[C@@H]1CCCN1C(=O)[C@H](N)CCCN=C(N)N)C(N)=O. The van der Waals surface area contributed by atoms with Gasteiger partial charge in [0.05, 0.1) is 12.6 Å². The van der Waals surface area contributed by atoms with Crippen molar-refractivity contribution in [3.63, 3.8) is 0 Å². The average molecular weight is 1350 g/mol. The Labute approximate surface area is 558 Å². The summed E-state index contributed by atoms with van der Waals surface area (Å²) in [5.74, 6) is -9.80. The third-order valence-corrected chi connectivity index (χ3v) is 16.7. The van der Waals surface area contributed by atoms with Crippen LogP contribution < -0.4 is 82.7 Å². The Morgan fingerprint density at radius 1 is 0.537 bits per heavy atom. The van der Waals surface area contributed by atoms with Gasteiger partial charge in [0.15, 0.2) is 5.96 Å². The molecule has 13 amide bonds. The second-order valence-corrected chi connectivity index (χ2v) is 25.1. The maximum absolute atomic E-state index is 14.7. The molecule has 0 bridgehead atoms. The summed E-state index contributed by atoms with van der Waals surface area (Å²) in [7, 11) is 0. The Bertz CT molecular complexity index is 2960. The monoisotopic (exact) mass is 1350 g/mol. The number of hydrogen-bond donors (Lipinski definition) is 15. The van der Waals surface area contributed by atoms with Crippen molar-refractivity contribution < 1.29 is 62.3 Å². The van der Waals surface area contributed by atoms with E-state index in [1.54, 1.807) is 60.7 Å².